The van der Waals surface area contributed by atoms with Crippen LogP contribution in [0.25, 0.3) is 11.0 Å². The zero-order chi connectivity index (χ0) is 14.1. The molecule has 0 saturated carbocycles. The van der Waals surface area contributed by atoms with Crippen LogP contribution in [-0.4, -0.2) is 14.5 Å². The molecule has 2 aromatic heterocycles. The summed E-state index contributed by atoms with van der Waals surface area (Å²) in [5.74, 6) is 0.0420. The number of halogens is 2. The van der Waals surface area contributed by atoms with E-state index in [0.717, 1.165) is 17.6 Å². The van der Waals surface area contributed by atoms with Crippen LogP contribution in [0.15, 0.2) is 41.0 Å². The van der Waals surface area contributed by atoms with Gasteiger partial charge < -0.3 is 10.3 Å². The summed E-state index contributed by atoms with van der Waals surface area (Å²) in [6.07, 6.45) is 2.50. The molecule has 2 heterocycles. The Labute approximate surface area is 123 Å². The summed E-state index contributed by atoms with van der Waals surface area (Å²) in [5, 5.41) is 0. The van der Waals surface area contributed by atoms with Crippen LogP contribution in [0.3, 0.4) is 0 Å². The molecule has 0 aliphatic rings. The average Bonchev–Trinajstić information content (AvgIpc) is 2.73. The molecular formula is C14H12BrFN4. The molecule has 0 spiro atoms. The molecule has 3 aromatic rings. The molecule has 102 valence electrons. The van der Waals surface area contributed by atoms with Crippen LogP contribution in [0.4, 0.5) is 10.3 Å². The van der Waals surface area contributed by atoms with Crippen LogP contribution in [0.2, 0.25) is 0 Å². The van der Waals surface area contributed by atoms with Crippen molar-refractivity contribution < 1.29 is 4.39 Å². The second kappa shape index (κ2) is 5.20. The zero-order valence-electron chi connectivity index (χ0n) is 10.6. The van der Waals surface area contributed by atoms with Gasteiger partial charge in [0, 0.05) is 30.9 Å². The van der Waals surface area contributed by atoms with E-state index < -0.39 is 0 Å². The van der Waals surface area contributed by atoms with E-state index in [1.54, 1.807) is 12.3 Å². The number of nitrogen functional groups attached to an aromatic ring is 1. The van der Waals surface area contributed by atoms with Gasteiger partial charge in [0.2, 0.25) is 5.95 Å². The van der Waals surface area contributed by atoms with E-state index in [2.05, 4.69) is 25.9 Å². The Balaban J connectivity index is 1.95. The van der Waals surface area contributed by atoms with Crippen molar-refractivity contribution in [3.63, 3.8) is 0 Å². The smallest absolute Gasteiger partial charge is 0.201 e. The number of aromatic nitrogens is 3. The molecule has 0 radical (unpaired) electrons. The van der Waals surface area contributed by atoms with Crippen LogP contribution in [0.1, 0.15) is 5.69 Å². The molecule has 0 bridgehead atoms. The maximum Gasteiger partial charge on any atom is 0.201 e. The minimum Gasteiger partial charge on any atom is -0.369 e. The third-order valence-electron chi connectivity index (χ3n) is 3.14. The fraction of sp³-hybridized carbons (Fsp3) is 0.143. The van der Waals surface area contributed by atoms with E-state index in [1.165, 1.54) is 6.07 Å². The van der Waals surface area contributed by atoms with Crippen molar-refractivity contribution in [3.05, 3.63) is 52.5 Å². The number of pyridine rings is 1. The maximum absolute atomic E-state index is 13.5. The first kappa shape index (κ1) is 13.1. The van der Waals surface area contributed by atoms with Crippen molar-refractivity contribution in [3.8, 4) is 0 Å². The molecular weight excluding hydrogens is 323 g/mol. The number of nitrogens with zero attached hydrogens (tertiary/aromatic N) is 3. The van der Waals surface area contributed by atoms with Crippen LogP contribution in [-0.2, 0) is 13.0 Å². The predicted molar refractivity (Wildman–Crippen MR) is 79.7 cm³/mol. The van der Waals surface area contributed by atoms with Gasteiger partial charge >= 0.3 is 0 Å². The molecule has 2 N–H and O–H groups in total. The van der Waals surface area contributed by atoms with Crippen LogP contribution in [0.5, 0.6) is 0 Å². The first-order valence-electron chi connectivity index (χ1n) is 6.16. The van der Waals surface area contributed by atoms with Gasteiger partial charge in [-0.2, -0.15) is 0 Å². The SMILES string of the molecule is Nc1nc2cc(F)c(Br)cc2n1CCc1ccccn1. The van der Waals surface area contributed by atoms with Crippen molar-refractivity contribution in [1.82, 2.24) is 14.5 Å². The highest BCUT2D eigenvalue weighted by molar-refractivity contribution is 9.10. The molecule has 20 heavy (non-hydrogen) atoms. The van der Waals surface area contributed by atoms with Gasteiger partial charge in [0.05, 0.1) is 15.5 Å². The third kappa shape index (κ3) is 2.38. The van der Waals surface area contributed by atoms with Gasteiger partial charge in [-0.05, 0) is 34.1 Å². The Morgan fingerprint density at radius 2 is 2.15 bits per heavy atom. The van der Waals surface area contributed by atoms with Crippen molar-refractivity contribution in [2.45, 2.75) is 13.0 Å². The number of anilines is 1. The van der Waals surface area contributed by atoms with Crippen LogP contribution < -0.4 is 5.73 Å². The van der Waals surface area contributed by atoms with Gasteiger partial charge in [-0.3, -0.25) is 4.98 Å². The molecule has 0 saturated heterocycles. The van der Waals surface area contributed by atoms with Crippen LogP contribution in [0, 0.1) is 5.82 Å². The lowest BCUT2D eigenvalue weighted by Crippen LogP contribution is -2.06. The maximum atomic E-state index is 13.5. The van der Waals surface area contributed by atoms with Crippen molar-refractivity contribution in [1.29, 1.82) is 0 Å². The average molecular weight is 335 g/mol. The first-order valence-corrected chi connectivity index (χ1v) is 6.95. The predicted octanol–water partition coefficient (Wildman–Crippen LogP) is 3.16. The molecule has 0 fully saturated rings. The number of hydrogen-bond acceptors (Lipinski definition) is 3. The molecule has 0 amide bonds. The highest BCUT2D eigenvalue weighted by Crippen LogP contribution is 2.25. The van der Waals surface area contributed by atoms with E-state index in [-0.39, 0.29) is 5.82 Å². The van der Waals surface area contributed by atoms with E-state index in [9.17, 15) is 4.39 Å². The highest BCUT2D eigenvalue weighted by Gasteiger charge is 2.11. The number of aryl methyl sites for hydroxylation is 2. The third-order valence-corrected chi connectivity index (χ3v) is 3.75. The Morgan fingerprint density at radius 1 is 1.30 bits per heavy atom. The minimum atomic E-state index is -0.341. The highest BCUT2D eigenvalue weighted by atomic mass is 79.9. The van der Waals surface area contributed by atoms with Gasteiger partial charge in [0.25, 0.3) is 0 Å². The lowest BCUT2D eigenvalue weighted by molar-refractivity contribution is 0.622. The summed E-state index contributed by atoms with van der Waals surface area (Å²) in [6, 6.07) is 8.87. The van der Waals surface area contributed by atoms with E-state index in [0.29, 0.717) is 22.5 Å². The quantitative estimate of drug-likeness (QED) is 0.800. The summed E-state index contributed by atoms with van der Waals surface area (Å²) in [4.78, 5) is 8.46. The van der Waals surface area contributed by atoms with E-state index in [1.807, 2.05) is 22.8 Å². The summed E-state index contributed by atoms with van der Waals surface area (Å²) >= 11 is 3.19. The first-order chi connectivity index (χ1) is 9.65. The molecule has 6 heteroatoms. The summed E-state index contributed by atoms with van der Waals surface area (Å²) < 4.78 is 15.8. The zero-order valence-corrected chi connectivity index (χ0v) is 12.1. The molecule has 0 aliphatic carbocycles. The van der Waals surface area contributed by atoms with E-state index >= 15 is 0 Å². The number of nitrogens with two attached hydrogens (primary N) is 1. The molecule has 3 rings (SSSR count). The van der Waals surface area contributed by atoms with Crippen molar-refractivity contribution >= 4 is 32.9 Å². The van der Waals surface area contributed by atoms with E-state index in [4.69, 9.17) is 5.73 Å². The normalized spacial score (nSPS) is 11.1. The van der Waals surface area contributed by atoms with Crippen LogP contribution >= 0.6 is 15.9 Å². The Hall–Kier alpha value is -1.95. The largest absolute Gasteiger partial charge is 0.369 e. The van der Waals surface area contributed by atoms with Gasteiger partial charge in [0.1, 0.15) is 5.82 Å². The molecule has 0 atom stereocenters. The van der Waals surface area contributed by atoms with Gasteiger partial charge in [-0.1, -0.05) is 6.07 Å². The van der Waals surface area contributed by atoms with Gasteiger partial charge in [-0.15, -0.1) is 0 Å². The molecule has 0 aliphatic heterocycles. The second-order valence-corrected chi connectivity index (χ2v) is 5.30. The van der Waals surface area contributed by atoms with Crippen molar-refractivity contribution in [2.24, 2.45) is 0 Å². The Morgan fingerprint density at radius 3 is 2.90 bits per heavy atom. The summed E-state index contributed by atoms with van der Waals surface area (Å²) in [6.45, 7) is 0.650. The number of imidazole rings is 1. The lowest BCUT2D eigenvalue weighted by Gasteiger charge is -2.06. The fourth-order valence-electron chi connectivity index (χ4n) is 2.15. The monoisotopic (exact) mass is 334 g/mol. The number of benzene rings is 1. The Bertz CT molecular complexity index is 755. The second-order valence-electron chi connectivity index (χ2n) is 4.45. The standard InChI is InChI=1S/C14H12BrFN4/c15-10-7-13-12(8-11(10)16)19-14(17)20(13)6-4-9-3-1-2-5-18-9/h1-3,5,7-8H,4,6H2,(H2,17,19). The topological polar surface area (TPSA) is 56.7 Å². The number of fused-ring (bicyclic) bond motifs is 1. The molecule has 4 nitrogen and oxygen atoms in total. The summed E-state index contributed by atoms with van der Waals surface area (Å²) in [5.41, 5.74) is 8.26. The van der Waals surface area contributed by atoms with Gasteiger partial charge in [0.15, 0.2) is 0 Å². The fourth-order valence-corrected chi connectivity index (χ4v) is 2.48. The minimum absolute atomic E-state index is 0.341. The Kier molecular flexibility index (Phi) is 3.40. The number of rotatable bonds is 3. The van der Waals surface area contributed by atoms with Crippen molar-refractivity contribution in [2.75, 3.05) is 5.73 Å². The van der Waals surface area contributed by atoms with Gasteiger partial charge in [-0.25, -0.2) is 9.37 Å². The lowest BCUT2D eigenvalue weighted by atomic mass is 10.2. The molecule has 1 aromatic carbocycles. The summed E-state index contributed by atoms with van der Waals surface area (Å²) in [7, 11) is 0. The molecule has 0 unspecified atom stereocenters. The number of hydrogen-bond donors (Lipinski definition) is 1.